The number of hydrogen-bond donors (Lipinski definition) is 2. The van der Waals surface area contributed by atoms with Crippen molar-refractivity contribution < 1.29 is 27.8 Å². The van der Waals surface area contributed by atoms with E-state index in [2.05, 4.69) is 20.2 Å². The number of hydrogen-bond acceptors (Lipinski definition) is 6. The Morgan fingerprint density at radius 1 is 1.31 bits per heavy atom. The number of amides is 1. The molecule has 2 aromatic heterocycles. The highest BCUT2D eigenvalue weighted by Gasteiger charge is 2.59. The average molecular weight is 453 g/mol. The van der Waals surface area contributed by atoms with E-state index in [-0.39, 0.29) is 30.3 Å². The van der Waals surface area contributed by atoms with Crippen molar-refractivity contribution in [3.05, 3.63) is 24.2 Å². The van der Waals surface area contributed by atoms with Crippen LogP contribution in [-0.4, -0.2) is 68.1 Å². The molecule has 0 spiro atoms. The summed E-state index contributed by atoms with van der Waals surface area (Å²) in [5, 5.41) is 18.4. The molecule has 1 saturated heterocycles. The number of carbonyl (C=O) groups excluding carboxylic acids is 1. The van der Waals surface area contributed by atoms with E-state index >= 15 is 0 Å². The van der Waals surface area contributed by atoms with E-state index in [0.29, 0.717) is 25.0 Å². The van der Waals surface area contributed by atoms with Crippen LogP contribution in [0.15, 0.2) is 18.3 Å². The highest BCUT2D eigenvalue weighted by atomic mass is 19.4. The molecule has 2 fully saturated rings. The fourth-order valence-electron chi connectivity index (χ4n) is 4.76. The van der Waals surface area contributed by atoms with Crippen molar-refractivity contribution in [1.82, 2.24) is 25.1 Å². The summed E-state index contributed by atoms with van der Waals surface area (Å²) in [6.07, 6.45) is -1.06. The number of halogens is 3. The number of rotatable bonds is 5. The maximum Gasteiger partial charge on any atom is 0.426 e. The highest BCUT2D eigenvalue weighted by molar-refractivity contribution is 5.85. The number of likely N-dealkylation sites (tertiary alicyclic amines) is 1. The third kappa shape index (κ3) is 3.72. The van der Waals surface area contributed by atoms with Gasteiger partial charge in [-0.2, -0.15) is 13.2 Å². The van der Waals surface area contributed by atoms with Gasteiger partial charge in [0.05, 0.1) is 7.11 Å². The van der Waals surface area contributed by atoms with Crippen LogP contribution in [-0.2, 0) is 10.2 Å². The standard InChI is InChI=1S/C21H26F3N5O3/c1-12-11-29(18(30)19(2,31)21(22,23)24)9-6-14(12)20(7-8-20)17-26-16(27-28-17)13-4-5-15(32-3)25-10-13/h4-5,10,12,14,31H,6-9,11H2,1-3H3,(H,26,27,28)/t12-,14+,19?/m1/s1. The summed E-state index contributed by atoms with van der Waals surface area (Å²) in [6.45, 7) is 2.75. The fraction of sp³-hybridized carbons (Fsp3) is 0.619. The second kappa shape index (κ2) is 7.72. The Labute approximate surface area is 183 Å². The second-order valence-electron chi connectivity index (χ2n) is 8.96. The van der Waals surface area contributed by atoms with Gasteiger partial charge in [0.15, 0.2) is 5.82 Å². The molecule has 2 N–H and O–H groups in total. The molecule has 1 amide bonds. The van der Waals surface area contributed by atoms with Crippen molar-refractivity contribution in [1.29, 1.82) is 0 Å². The number of nitrogens with one attached hydrogen (secondary N) is 1. The quantitative estimate of drug-likeness (QED) is 0.722. The van der Waals surface area contributed by atoms with E-state index in [9.17, 15) is 23.1 Å². The molecular formula is C21H26F3N5O3. The summed E-state index contributed by atoms with van der Waals surface area (Å²) >= 11 is 0. The van der Waals surface area contributed by atoms with Crippen molar-refractivity contribution in [2.75, 3.05) is 20.2 Å². The van der Waals surface area contributed by atoms with Crippen molar-refractivity contribution in [2.45, 2.75) is 50.3 Å². The topological polar surface area (TPSA) is 104 Å². The van der Waals surface area contributed by atoms with Crippen LogP contribution in [0.5, 0.6) is 5.88 Å². The van der Waals surface area contributed by atoms with Gasteiger partial charge in [0, 0.05) is 36.3 Å². The minimum absolute atomic E-state index is 0.0598. The van der Waals surface area contributed by atoms with Gasteiger partial charge in [-0.3, -0.25) is 4.79 Å². The molecule has 8 nitrogen and oxygen atoms in total. The van der Waals surface area contributed by atoms with Gasteiger partial charge in [-0.15, -0.1) is 10.2 Å². The van der Waals surface area contributed by atoms with Crippen LogP contribution >= 0.6 is 0 Å². The molecule has 174 valence electrons. The maximum absolute atomic E-state index is 13.1. The summed E-state index contributed by atoms with van der Waals surface area (Å²) < 4.78 is 44.3. The number of H-pyrrole nitrogens is 1. The number of carbonyl (C=O) groups is 1. The molecule has 11 heteroatoms. The summed E-state index contributed by atoms with van der Waals surface area (Å²) in [5.41, 5.74) is -2.85. The SMILES string of the molecule is COc1ccc(-c2nnc(C3([C@H]4CCN(C(=O)C(C)(O)C(F)(F)F)C[C@H]4C)CC3)[nH]2)cn1. The molecule has 1 aliphatic heterocycles. The van der Waals surface area contributed by atoms with Crippen molar-refractivity contribution in [3.63, 3.8) is 0 Å². The maximum atomic E-state index is 13.1. The van der Waals surface area contributed by atoms with E-state index in [4.69, 9.17) is 4.74 Å². The number of aromatic amines is 1. The highest BCUT2D eigenvalue weighted by Crippen LogP contribution is 2.57. The van der Waals surface area contributed by atoms with Crippen molar-refractivity contribution in [3.8, 4) is 17.3 Å². The Bertz CT molecular complexity index is 985. The predicted molar refractivity (Wildman–Crippen MR) is 108 cm³/mol. The van der Waals surface area contributed by atoms with Crippen LogP contribution in [0.1, 0.15) is 38.9 Å². The lowest BCUT2D eigenvalue weighted by Gasteiger charge is -2.42. The van der Waals surface area contributed by atoms with Crippen molar-refractivity contribution >= 4 is 5.91 Å². The first-order valence-electron chi connectivity index (χ1n) is 10.5. The van der Waals surface area contributed by atoms with Gasteiger partial charge >= 0.3 is 6.18 Å². The van der Waals surface area contributed by atoms with E-state index in [1.807, 2.05) is 13.0 Å². The van der Waals surface area contributed by atoms with Crippen LogP contribution in [0.2, 0.25) is 0 Å². The first-order chi connectivity index (χ1) is 15.0. The van der Waals surface area contributed by atoms with E-state index in [1.165, 1.54) is 7.11 Å². The minimum Gasteiger partial charge on any atom is -0.481 e. The smallest absolute Gasteiger partial charge is 0.426 e. The van der Waals surface area contributed by atoms with Crippen LogP contribution in [0, 0.1) is 11.8 Å². The Hall–Kier alpha value is -2.69. The lowest BCUT2D eigenvalue weighted by Crippen LogP contribution is -2.59. The van der Waals surface area contributed by atoms with E-state index < -0.39 is 17.7 Å². The second-order valence-corrected chi connectivity index (χ2v) is 8.96. The van der Waals surface area contributed by atoms with Gasteiger partial charge in [0.1, 0.15) is 5.82 Å². The zero-order chi connectivity index (χ0) is 23.3. The molecular weight excluding hydrogens is 427 g/mol. The summed E-state index contributed by atoms with van der Waals surface area (Å²) in [4.78, 5) is 21.0. The number of nitrogens with zero attached hydrogens (tertiary/aromatic N) is 4. The Kier molecular flexibility index (Phi) is 5.43. The number of alkyl halides is 3. The summed E-state index contributed by atoms with van der Waals surface area (Å²) in [7, 11) is 1.54. The molecule has 1 saturated carbocycles. The van der Waals surface area contributed by atoms with Crippen LogP contribution in [0.4, 0.5) is 13.2 Å². The lowest BCUT2D eigenvalue weighted by molar-refractivity contribution is -0.251. The van der Waals surface area contributed by atoms with Gasteiger partial charge in [-0.25, -0.2) is 4.98 Å². The summed E-state index contributed by atoms with van der Waals surface area (Å²) in [6, 6.07) is 3.56. The van der Waals surface area contributed by atoms with Gasteiger partial charge < -0.3 is 19.7 Å². The third-order valence-electron chi connectivity index (χ3n) is 6.84. The van der Waals surface area contributed by atoms with E-state index in [1.54, 1.807) is 12.3 Å². The molecule has 3 heterocycles. The molecule has 3 atom stereocenters. The number of aliphatic hydroxyl groups is 1. The Balaban J connectivity index is 1.48. The summed E-state index contributed by atoms with van der Waals surface area (Å²) in [5.74, 6) is 0.610. The Morgan fingerprint density at radius 2 is 2.03 bits per heavy atom. The first-order valence-corrected chi connectivity index (χ1v) is 10.5. The van der Waals surface area contributed by atoms with Gasteiger partial charge in [-0.1, -0.05) is 6.92 Å². The zero-order valence-electron chi connectivity index (χ0n) is 18.1. The average Bonchev–Trinajstić information content (AvgIpc) is 3.40. The number of aromatic nitrogens is 4. The zero-order valence-corrected chi connectivity index (χ0v) is 18.1. The molecule has 0 bridgehead atoms. The van der Waals surface area contributed by atoms with Crippen LogP contribution < -0.4 is 4.74 Å². The number of methoxy groups -OCH3 is 1. The number of pyridine rings is 1. The normalized spacial score (nSPS) is 24.7. The third-order valence-corrected chi connectivity index (χ3v) is 6.84. The monoisotopic (exact) mass is 453 g/mol. The molecule has 1 aliphatic carbocycles. The first kappa shape index (κ1) is 22.5. The molecule has 1 unspecified atom stereocenters. The lowest BCUT2D eigenvalue weighted by atomic mass is 9.74. The fourth-order valence-corrected chi connectivity index (χ4v) is 4.76. The Morgan fingerprint density at radius 3 is 2.56 bits per heavy atom. The van der Waals surface area contributed by atoms with Crippen LogP contribution in [0.3, 0.4) is 0 Å². The number of ether oxygens (including phenoxy) is 1. The molecule has 2 aromatic rings. The van der Waals surface area contributed by atoms with E-state index in [0.717, 1.165) is 29.1 Å². The number of piperidine rings is 1. The largest absolute Gasteiger partial charge is 0.481 e. The van der Waals surface area contributed by atoms with Gasteiger partial charge in [0.2, 0.25) is 11.5 Å². The van der Waals surface area contributed by atoms with Crippen LogP contribution in [0.25, 0.3) is 11.4 Å². The molecule has 0 radical (unpaired) electrons. The van der Waals surface area contributed by atoms with Gasteiger partial charge in [-0.05, 0) is 44.1 Å². The molecule has 32 heavy (non-hydrogen) atoms. The minimum atomic E-state index is -5.02. The molecule has 0 aromatic carbocycles. The molecule has 2 aliphatic rings. The van der Waals surface area contributed by atoms with Gasteiger partial charge in [0.25, 0.3) is 5.91 Å². The molecule has 4 rings (SSSR count). The van der Waals surface area contributed by atoms with Crippen molar-refractivity contribution in [2.24, 2.45) is 11.8 Å². The predicted octanol–water partition coefficient (Wildman–Crippen LogP) is 2.70.